The summed E-state index contributed by atoms with van der Waals surface area (Å²) in [5.41, 5.74) is 18.1. The Balaban J connectivity index is 1.00. The van der Waals surface area contributed by atoms with E-state index in [1.165, 1.54) is 96.6 Å². The van der Waals surface area contributed by atoms with Crippen molar-refractivity contribution in [3.63, 3.8) is 0 Å². The van der Waals surface area contributed by atoms with Gasteiger partial charge in [0.1, 0.15) is 5.76 Å². The molecule has 3 heteroatoms. The van der Waals surface area contributed by atoms with Crippen molar-refractivity contribution in [3.05, 3.63) is 195 Å². The molecule has 5 aromatic rings. The van der Waals surface area contributed by atoms with Crippen molar-refractivity contribution in [1.29, 1.82) is 0 Å². The first-order valence-corrected chi connectivity index (χ1v) is 21.3. The van der Waals surface area contributed by atoms with Crippen LogP contribution in [0.25, 0.3) is 28.5 Å². The van der Waals surface area contributed by atoms with Gasteiger partial charge >= 0.3 is 0 Å². The fourth-order valence-corrected chi connectivity index (χ4v) is 10.2. The summed E-state index contributed by atoms with van der Waals surface area (Å²) >= 11 is 0. The molecular formula is C55H52N2O. The normalized spacial score (nSPS) is 19.8. The zero-order valence-corrected chi connectivity index (χ0v) is 34.5. The van der Waals surface area contributed by atoms with Gasteiger partial charge in [-0.3, -0.25) is 0 Å². The highest BCUT2D eigenvalue weighted by atomic mass is 16.5. The van der Waals surface area contributed by atoms with Crippen LogP contribution in [-0.4, -0.2) is 0 Å². The molecule has 0 saturated heterocycles. The Morgan fingerprint density at radius 3 is 2.43 bits per heavy atom. The van der Waals surface area contributed by atoms with Crippen molar-refractivity contribution < 1.29 is 4.74 Å². The zero-order chi connectivity index (χ0) is 39.5. The molecule has 58 heavy (non-hydrogen) atoms. The molecule has 2 heterocycles. The second kappa shape index (κ2) is 14.4. The summed E-state index contributed by atoms with van der Waals surface area (Å²) in [6.07, 6.45) is 22.7. The van der Waals surface area contributed by atoms with E-state index in [0.717, 1.165) is 42.9 Å². The van der Waals surface area contributed by atoms with Gasteiger partial charge in [-0.05, 0) is 132 Å². The minimum Gasteiger partial charge on any atom is -0.457 e. The van der Waals surface area contributed by atoms with Crippen LogP contribution in [0.1, 0.15) is 94.5 Å². The van der Waals surface area contributed by atoms with Crippen molar-refractivity contribution in [2.45, 2.75) is 78.6 Å². The summed E-state index contributed by atoms with van der Waals surface area (Å²) < 4.78 is 6.61. The lowest BCUT2D eigenvalue weighted by molar-refractivity contribution is 0.309. The first kappa shape index (κ1) is 36.3. The minimum absolute atomic E-state index is 0.161. The summed E-state index contributed by atoms with van der Waals surface area (Å²) in [4.78, 5) is 5.03. The molecule has 3 aliphatic carbocycles. The van der Waals surface area contributed by atoms with Gasteiger partial charge in [0.15, 0.2) is 5.75 Å². The number of nitrogens with zero attached hydrogens (tertiary/aromatic N) is 2. The molecule has 3 nitrogen and oxygen atoms in total. The van der Waals surface area contributed by atoms with Crippen molar-refractivity contribution in [1.82, 2.24) is 0 Å². The molecule has 0 saturated carbocycles. The van der Waals surface area contributed by atoms with Crippen LogP contribution in [-0.2, 0) is 11.8 Å². The Morgan fingerprint density at radius 2 is 1.55 bits per heavy atom. The van der Waals surface area contributed by atoms with E-state index >= 15 is 0 Å². The third kappa shape index (κ3) is 5.94. The number of allylic oxidation sites excluding steroid dienone is 10. The third-order valence-corrected chi connectivity index (χ3v) is 13.2. The maximum absolute atomic E-state index is 6.61. The summed E-state index contributed by atoms with van der Waals surface area (Å²) in [5, 5.41) is 2.51. The van der Waals surface area contributed by atoms with Crippen LogP contribution in [0.5, 0.6) is 5.75 Å². The highest BCUT2D eigenvalue weighted by Gasteiger charge is 2.39. The Morgan fingerprint density at radius 1 is 0.759 bits per heavy atom. The lowest BCUT2D eigenvalue weighted by Crippen LogP contribution is -2.32. The number of anilines is 3. The first-order valence-electron chi connectivity index (χ1n) is 21.3. The molecule has 0 radical (unpaired) electrons. The van der Waals surface area contributed by atoms with E-state index in [-0.39, 0.29) is 5.41 Å². The molecule has 2 aliphatic heterocycles. The molecular weight excluding hydrogens is 705 g/mol. The van der Waals surface area contributed by atoms with Crippen LogP contribution in [0.2, 0.25) is 0 Å². The molecule has 0 spiro atoms. The summed E-state index contributed by atoms with van der Waals surface area (Å²) in [5.74, 6) is 2.53. The SMILES string of the molecule is C/C=C\C1=C(C)CCc2ccccc2N1c1cccc2c(/C=C/c3ccc4c(c3)C(C)(C)C3=C4C=CCC(N4C5=C(Oc6ccccc64)C(C)CCC5)=C3)cccc12. The Bertz CT molecular complexity index is 2730. The maximum Gasteiger partial charge on any atom is 0.151 e. The molecule has 0 aromatic heterocycles. The molecule has 0 N–H and O–H groups in total. The largest absolute Gasteiger partial charge is 0.457 e. The third-order valence-electron chi connectivity index (χ3n) is 13.2. The van der Waals surface area contributed by atoms with Gasteiger partial charge in [-0.15, -0.1) is 0 Å². The number of para-hydroxylation sites is 3. The summed E-state index contributed by atoms with van der Waals surface area (Å²) in [7, 11) is 0. The number of rotatable bonds is 5. The predicted molar refractivity (Wildman–Crippen MR) is 245 cm³/mol. The van der Waals surface area contributed by atoms with Gasteiger partial charge < -0.3 is 14.5 Å². The molecule has 5 aromatic carbocycles. The van der Waals surface area contributed by atoms with Gasteiger partial charge in [0.25, 0.3) is 0 Å². The van der Waals surface area contributed by atoms with Crippen LogP contribution in [0.4, 0.5) is 17.1 Å². The average molecular weight is 757 g/mol. The monoisotopic (exact) mass is 756 g/mol. The molecule has 1 unspecified atom stereocenters. The van der Waals surface area contributed by atoms with Gasteiger partial charge in [0, 0.05) is 40.2 Å². The fourth-order valence-electron chi connectivity index (χ4n) is 10.2. The molecule has 1 atom stereocenters. The van der Waals surface area contributed by atoms with E-state index in [2.05, 4.69) is 190 Å². The second-order valence-corrected chi connectivity index (χ2v) is 17.2. The smallest absolute Gasteiger partial charge is 0.151 e. The average Bonchev–Trinajstić information content (AvgIpc) is 3.41. The molecule has 0 fully saturated rings. The quantitative estimate of drug-likeness (QED) is 0.166. The van der Waals surface area contributed by atoms with Crippen molar-refractivity contribution >= 4 is 45.6 Å². The van der Waals surface area contributed by atoms with Gasteiger partial charge in [-0.25, -0.2) is 0 Å². The number of aryl methyl sites for hydroxylation is 1. The van der Waals surface area contributed by atoms with Gasteiger partial charge in [-0.1, -0.05) is 130 Å². The number of hydrogen-bond donors (Lipinski definition) is 0. The van der Waals surface area contributed by atoms with E-state index in [9.17, 15) is 0 Å². The van der Waals surface area contributed by atoms with Crippen LogP contribution in [0.3, 0.4) is 0 Å². The Kier molecular flexibility index (Phi) is 9.01. The van der Waals surface area contributed by atoms with Gasteiger partial charge in [-0.2, -0.15) is 0 Å². The van der Waals surface area contributed by atoms with Gasteiger partial charge in [0.2, 0.25) is 0 Å². The van der Waals surface area contributed by atoms with Gasteiger partial charge in [0.05, 0.1) is 17.1 Å². The lowest BCUT2D eigenvalue weighted by atomic mass is 9.80. The zero-order valence-electron chi connectivity index (χ0n) is 34.5. The van der Waals surface area contributed by atoms with E-state index in [4.69, 9.17) is 4.74 Å². The number of fused-ring (bicyclic) bond motifs is 5. The predicted octanol–water partition coefficient (Wildman–Crippen LogP) is 14.8. The standard InChI is InChI=1S/C55H52N2O/c1-6-15-48-36(2)28-31-40-17-7-8-23-49(40)57(48)50-25-14-20-42-39(18-12-22-45(42)50)32-29-38-30-33-44-43-21-13-19-41(35-47(43)55(4,5)46(44)34-38)56-51-24-9-10-27-53(51)58-54-37(3)16-11-26-52(54)56/h6-10,12-15,17-18,20-25,27,29-30,32-35,37H,11,16,19,26,28,31H2,1-5H3/b15-6-,32-29+. The van der Waals surface area contributed by atoms with Crippen LogP contribution in [0.15, 0.2) is 168 Å². The summed E-state index contributed by atoms with van der Waals surface area (Å²) in [6, 6.07) is 38.1. The van der Waals surface area contributed by atoms with Crippen molar-refractivity contribution in [3.8, 4) is 5.75 Å². The van der Waals surface area contributed by atoms with E-state index in [1.807, 2.05) is 0 Å². The Labute approximate surface area is 344 Å². The highest BCUT2D eigenvalue weighted by Crippen LogP contribution is 2.52. The molecule has 0 amide bonds. The van der Waals surface area contributed by atoms with Crippen LogP contribution >= 0.6 is 0 Å². The fraction of sp³-hybridized carbons (Fsp3) is 0.236. The molecule has 0 bridgehead atoms. The number of benzene rings is 5. The second-order valence-electron chi connectivity index (χ2n) is 17.2. The first-order chi connectivity index (χ1) is 28.3. The molecule has 5 aliphatic rings. The molecule has 10 rings (SSSR count). The highest BCUT2D eigenvalue weighted by molar-refractivity contribution is 6.03. The van der Waals surface area contributed by atoms with E-state index in [0.29, 0.717) is 5.92 Å². The van der Waals surface area contributed by atoms with Crippen LogP contribution < -0.4 is 14.5 Å². The van der Waals surface area contributed by atoms with Crippen LogP contribution in [0, 0.1) is 5.92 Å². The van der Waals surface area contributed by atoms with Crippen molar-refractivity contribution in [2.24, 2.45) is 5.92 Å². The summed E-state index contributed by atoms with van der Waals surface area (Å²) in [6.45, 7) is 11.5. The Hall–Kier alpha value is -6.06. The number of ether oxygens (including phenoxy) is 1. The lowest BCUT2D eigenvalue weighted by Gasteiger charge is -2.40. The molecule has 288 valence electrons. The van der Waals surface area contributed by atoms with Crippen molar-refractivity contribution in [2.75, 3.05) is 9.80 Å². The van der Waals surface area contributed by atoms with E-state index < -0.39 is 0 Å². The topological polar surface area (TPSA) is 15.7 Å². The van der Waals surface area contributed by atoms with E-state index in [1.54, 1.807) is 0 Å². The minimum atomic E-state index is -0.161. The maximum atomic E-state index is 6.61. The number of hydrogen-bond acceptors (Lipinski definition) is 3.